The number of benzene rings is 2. The number of carbonyl (C=O) groups is 2. The first-order valence-corrected chi connectivity index (χ1v) is 16.4. The normalized spacial score (nSPS) is 17.0. The minimum Gasteiger partial charge on any atom is -0.490 e. The molecule has 3 aromatic rings. The van der Waals surface area contributed by atoms with Crippen molar-refractivity contribution in [1.82, 2.24) is 15.1 Å². The second-order valence-corrected chi connectivity index (χ2v) is 13.8. The van der Waals surface area contributed by atoms with Crippen molar-refractivity contribution in [2.75, 3.05) is 32.7 Å². The van der Waals surface area contributed by atoms with E-state index in [9.17, 15) is 9.59 Å². The van der Waals surface area contributed by atoms with Crippen molar-refractivity contribution in [3.8, 4) is 16.2 Å². The van der Waals surface area contributed by atoms with E-state index in [1.807, 2.05) is 57.2 Å². The minimum atomic E-state index is -0.499. The van der Waals surface area contributed by atoms with Crippen LogP contribution in [0.4, 0.5) is 4.79 Å². The van der Waals surface area contributed by atoms with Crippen LogP contribution in [0.15, 0.2) is 66.7 Å². The van der Waals surface area contributed by atoms with Gasteiger partial charge in [-0.3, -0.25) is 9.69 Å². The molecule has 2 aliphatic heterocycles. The average molecular weight is 604 g/mol. The van der Waals surface area contributed by atoms with Crippen molar-refractivity contribution in [3.63, 3.8) is 0 Å². The summed E-state index contributed by atoms with van der Waals surface area (Å²) < 4.78 is 12.0. The number of hydrogen-bond donors (Lipinski definition) is 1. The van der Waals surface area contributed by atoms with Crippen LogP contribution in [-0.2, 0) is 11.3 Å². The Labute approximate surface area is 260 Å². The fourth-order valence-electron chi connectivity index (χ4n) is 5.79. The highest BCUT2D eigenvalue weighted by Crippen LogP contribution is 2.36. The summed E-state index contributed by atoms with van der Waals surface area (Å²) in [5.74, 6) is 1.46. The van der Waals surface area contributed by atoms with Crippen molar-refractivity contribution in [2.24, 2.45) is 5.92 Å². The molecule has 43 heavy (non-hydrogen) atoms. The highest BCUT2D eigenvalue weighted by atomic mass is 32.1. The Balaban J connectivity index is 1.07. The van der Waals surface area contributed by atoms with Crippen LogP contribution in [0.3, 0.4) is 0 Å². The van der Waals surface area contributed by atoms with Gasteiger partial charge in [-0.1, -0.05) is 42.5 Å². The molecule has 2 aromatic carbocycles. The van der Waals surface area contributed by atoms with E-state index in [4.69, 9.17) is 9.47 Å². The second-order valence-electron chi connectivity index (χ2n) is 12.7. The molecule has 1 aromatic heterocycles. The largest absolute Gasteiger partial charge is 0.490 e. The molecule has 5 rings (SSSR count). The van der Waals surface area contributed by atoms with Crippen molar-refractivity contribution in [3.05, 3.63) is 77.2 Å². The third kappa shape index (κ3) is 9.07. The molecule has 2 amide bonds. The number of nitrogens with one attached hydrogen (secondary N) is 1. The van der Waals surface area contributed by atoms with E-state index in [1.165, 1.54) is 29.7 Å². The number of amides is 2. The number of rotatable bonds is 9. The van der Waals surface area contributed by atoms with Crippen molar-refractivity contribution >= 4 is 23.3 Å². The van der Waals surface area contributed by atoms with Gasteiger partial charge < -0.3 is 19.7 Å². The molecule has 1 N–H and O–H groups in total. The third-order valence-corrected chi connectivity index (χ3v) is 9.28. The molecule has 2 fully saturated rings. The zero-order valence-corrected chi connectivity index (χ0v) is 26.5. The summed E-state index contributed by atoms with van der Waals surface area (Å²) in [5.41, 5.74) is 1.86. The van der Waals surface area contributed by atoms with Gasteiger partial charge in [0.15, 0.2) is 0 Å². The van der Waals surface area contributed by atoms with E-state index in [2.05, 4.69) is 40.5 Å². The number of para-hydroxylation sites is 1. The zero-order chi connectivity index (χ0) is 30.2. The number of hydrogen-bond acceptors (Lipinski definition) is 6. The first kappa shape index (κ1) is 31.1. The summed E-state index contributed by atoms with van der Waals surface area (Å²) in [6, 6.07) is 22.6. The van der Waals surface area contributed by atoms with E-state index in [0.717, 1.165) is 55.1 Å². The highest BCUT2D eigenvalue weighted by molar-refractivity contribution is 7.17. The van der Waals surface area contributed by atoms with Crippen LogP contribution in [0, 0.1) is 5.92 Å². The summed E-state index contributed by atoms with van der Waals surface area (Å²) in [6.07, 6.45) is 4.64. The summed E-state index contributed by atoms with van der Waals surface area (Å²) in [4.78, 5) is 31.4. The molecular formula is C35H45N3O4S. The molecule has 0 saturated carbocycles. The quantitative estimate of drug-likeness (QED) is 0.280. The lowest BCUT2D eigenvalue weighted by atomic mass is 9.93. The van der Waals surface area contributed by atoms with Gasteiger partial charge in [0.25, 0.3) is 5.91 Å². The molecule has 230 valence electrons. The second kappa shape index (κ2) is 14.4. The Hall–Kier alpha value is -3.36. The number of piperidine rings is 2. The van der Waals surface area contributed by atoms with Gasteiger partial charge >= 0.3 is 6.09 Å². The number of ether oxygens (including phenoxy) is 2. The van der Waals surface area contributed by atoms with Gasteiger partial charge in [-0.05, 0) is 88.9 Å². The summed E-state index contributed by atoms with van der Waals surface area (Å²) in [7, 11) is 0. The standard InChI is InChI=1S/C35H45N3O4S/c1-35(2,3)42-34(40)38-23-18-28(19-24-38)41-30-12-8-7-11-29(30)31-13-14-32(43-31)33(39)36-20-15-26-16-21-37(22-17-26)25-27-9-5-4-6-10-27/h4-14,26,28H,15-25H2,1-3H3,(H,36,39). The Morgan fingerprint density at radius 1 is 0.884 bits per heavy atom. The van der Waals surface area contributed by atoms with Crippen molar-refractivity contribution < 1.29 is 19.1 Å². The van der Waals surface area contributed by atoms with E-state index in [1.54, 1.807) is 4.90 Å². The van der Waals surface area contributed by atoms with Crippen LogP contribution < -0.4 is 10.1 Å². The number of carbonyl (C=O) groups excluding carboxylic acids is 2. The first-order valence-electron chi connectivity index (χ1n) is 15.6. The summed E-state index contributed by atoms with van der Waals surface area (Å²) in [5, 5.41) is 3.15. The van der Waals surface area contributed by atoms with Crippen molar-refractivity contribution in [2.45, 2.75) is 71.1 Å². The fraction of sp³-hybridized carbons (Fsp3) is 0.486. The zero-order valence-electron chi connectivity index (χ0n) is 25.7. The molecule has 3 heterocycles. The molecule has 0 unspecified atom stereocenters. The third-order valence-electron chi connectivity index (χ3n) is 8.16. The Morgan fingerprint density at radius 3 is 2.30 bits per heavy atom. The van der Waals surface area contributed by atoms with Gasteiger partial charge in [0.05, 0.1) is 4.88 Å². The minimum absolute atomic E-state index is 0.00863. The SMILES string of the molecule is CC(C)(C)OC(=O)N1CCC(Oc2ccccc2-c2ccc(C(=O)NCCC3CCN(Cc4ccccc4)CC3)s2)CC1. The topological polar surface area (TPSA) is 71.1 Å². The van der Waals surface area contributed by atoms with E-state index < -0.39 is 5.60 Å². The Morgan fingerprint density at radius 2 is 1.58 bits per heavy atom. The van der Waals surface area contributed by atoms with Gasteiger partial charge in [0.1, 0.15) is 17.5 Å². The molecular weight excluding hydrogens is 558 g/mol. The van der Waals surface area contributed by atoms with Crippen LogP contribution >= 0.6 is 11.3 Å². The van der Waals surface area contributed by atoms with Gasteiger partial charge in [-0.25, -0.2) is 4.79 Å². The number of nitrogens with zero attached hydrogens (tertiary/aromatic N) is 2. The molecule has 8 heteroatoms. The molecule has 2 saturated heterocycles. The molecule has 0 radical (unpaired) electrons. The predicted molar refractivity (Wildman–Crippen MR) is 173 cm³/mol. The van der Waals surface area contributed by atoms with Crippen LogP contribution in [0.2, 0.25) is 0 Å². The molecule has 0 spiro atoms. The van der Waals surface area contributed by atoms with Gasteiger partial charge in [-0.15, -0.1) is 11.3 Å². The van der Waals surface area contributed by atoms with Gasteiger partial charge in [0.2, 0.25) is 0 Å². The van der Waals surface area contributed by atoms with E-state index in [-0.39, 0.29) is 18.1 Å². The lowest BCUT2D eigenvalue weighted by molar-refractivity contribution is 0.0127. The molecule has 2 aliphatic rings. The Bertz CT molecular complexity index is 1340. The predicted octanol–water partition coefficient (Wildman–Crippen LogP) is 7.23. The summed E-state index contributed by atoms with van der Waals surface area (Å²) >= 11 is 1.50. The molecule has 0 atom stereocenters. The average Bonchev–Trinajstić information content (AvgIpc) is 3.49. The monoisotopic (exact) mass is 603 g/mol. The van der Waals surface area contributed by atoms with Crippen LogP contribution in [-0.4, -0.2) is 66.2 Å². The lowest BCUT2D eigenvalue weighted by Crippen LogP contribution is -2.44. The van der Waals surface area contributed by atoms with Crippen molar-refractivity contribution in [1.29, 1.82) is 0 Å². The van der Waals surface area contributed by atoms with Crippen LogP contribution in [0.25, 0.3) is 10.4 Å². The number of thiophene rings is 1. The van der Waals surface area contributed by atoms with Gasteiger partial charge in [-0.2, -0.15) is 0 Å². The van der Waals surface area contributed by atoms with E-state index in [0.29, 0.717) is 30.4 Å². The summed E-state index contributed by atoms with van der Waals surface area (Å²) in [6.45, 7) is 10.8. The maximum absolute atomic E-state index is 13.0. The van der Waals surface area contributed by atoms with E-state index >= 15 is 0 Å². The molecule has 0 aliphatic carbocycles. The maximum Gasteiger partial charge on any atom is 0.410 e. The fourth-order valence-corrected chi connectivity index (χ4v) is 6.74. The molecule has 7 nitrogen and oxygen atoms in total. The number of likely N-dealkylation sites (tertiary alicyclic amines) is 2. The van der Waals surface area contributed by atoms with Crippen LogP contribution in [0.1, 0.15) is 68.1 Å². The maximum atomic E-state index is 13.0. The smallest absolute Gasteiger partial charge is 0.410 e. The van der Waals surface area contributed by atoms with Gasteiger partial charge in [0, 0.05) is 49.5 Å². The van der Waals surface area contributed by atoms with Crippen LogP contribution in [0.5, 0.6) is 5.75 Å². The highest BCUT2D eigenvalue weighted by Gasteiger charge is 2.28. The molecule has 0 bridgehead atoms. The lowest BCUT2D eigenvalue weighted by Gasteiger charge is -2.33. The first-order chi connectivity index (χ1) is 20.7. The Kier molecular flexibility index (Phi) is 10.4.